The van der Waals surface area contributed by atoms with Crippen LogP contribution in [0.25, 0.3) is 0 Å². The molecule has 0 radical (unpaired) electrons. The van der Waals surface area contributed by atoms with Gasteiger partial charge in [-0.05, 0) is 0 Å². The van der Waals surface area contributed by atoms with Crippen LogP contribution in [0.2, 0.25) is 0 Å². The quantitative estimate of drug-likeness (QED) is 0.453. The number of rotatable bonds is 2. The van der Waals surface area contributed by atoms with Crippen LogP contribution in [-0.2, 0) is 19.7 Å². The van der Waals surface area contributed by atoms with E-state index in [0.717, 1.165) is 0 Å². The molecular weight excluding hydrogens is 356 g/mol. The summed E-state index contributed by atoms with van der Waals surface area (Å²) in [6.07, 6.45) is 8.77. The molecule has 5 heteroatoms. The van der Waals surface area contributed by atoms with Crippen molar-refractivity contribution in [3.63, 3.8) is 0 Å². The minimum absolute atomic E-state index is 0. The van der Waals surface area contributed by atoms with Gasteiger partial charge >= 0.3 is 91.1 Å². The number of hydrogen-bond donors (Lipinski definition) is 0. The van der Waals surface area contributed by atoms with E-state index in [9.17, 15) is 0 Å². The summed E-state index contributed by atoms with van der Waals surface area (Å²) in [5, 5.41) is 0. The van der Waals surface area contributed by atoms with E-state index < -0.39 is 0 Å². The molecule has 0 aromatic carbocycles. The molecule has 2 nitrogen and oxygen atoms in total. The average molecular weight is 376 g/mol. The second-order valence-electron chi connectivity index (χ2n) is 4.20. The zero-order valence-corrected chi connectivity index (χ0v) is 14.0. The summed E-state index contributed by atoms with van der Waals surface area (Å²) >= 11 is 0.113. The van der Waals surface area contributed by atoms with Gasteiger partial charge in [0, 0.05) is 0 Å². The molecule has 0 spiro atoms. The molecule has 0 unspecified atom stereocenters. The van der Waals surface area contributed by atoms with Crippen molar-refractivity contribution >= 4 is 0 Å². The number of nitrogens with zero attached hydrogens (tertiary/aromatic N) is 2. The number of hydrogen-bond acceptors (Lipinski definition) is 2. The molecule has 2 rings (SSSR count). The van der Waals surface area contributed by atoms with Gasteiger partial charge in [0.15, 0.2) is 0 Å². The van der Waals surface area contributed by atoms with E-state index in [4.69, 9.17) is 0 Å². The molecule has 0 N–H and O–H groups in total. The molecular formula is C10H20Br2N2Ti. The van der Waals surface area contributed by atoms with Crippen molar-refractivity contribution in [2.24, 2.45) is 0 Å². The van der Waals surface area contributed by atoms with Crippen LogP contribution in [-0.4, -0.2) is 32.9 Å². The summed E-state index contributed by atoms with van der Waals surface area (Å²) in [5.74, 6) is 0. The molecule has 2 aliphatic heterocycles. The van der Waals surface area contributed by atoms with Crippen LogP contribution in [0, 0.1) is 0 Å². The van der Waals surface area contributed by atoms with Gasteiger partial charge in [-0.25, -0.2) is 0 Å². The monoisotopic (exact) mass is 374 g/mol. The standard InChI is InChI=1S/2C5H10N.2BrH.Ti/c2*1-2-4-6-5-3-1;;;/h2*1-5H2;2*1H;/q2*-1;;;+4/p-2. The molecule has 2 saturated heterocycles. The Morgan fingerprint density at radius 3 is 1.20 bits per heavy atom. The van der Waals surface area contributed by atoms with E-state index in [-0.39, 0.29) is 53.6 Å². The molecule has 0 aromatic rings. The average Bonchev–Trinajstić information content (AvgIpc) is 2.21. The van der Waals surface area contributed by atoms with Gasteiger partial charge in [-0.15, -0.1) is 0 Å². The topological polar surface area (TPSA) is 6.48 Å². The second-order valence-corrected chi connectivity index (χ2v) is 6.48. The molecule has 88 valence electrons. The fraction of sp³-hybridized carbons (Fsp3) is 1.00. The Balaban J connectivity index is 0.000000980. The van der Waals surface area contributed by atoms with Crippen LogP contribution in [0.1, 0.15) is 38.5 Å². The third-order valence-corrected chi connectivity index (χ3v) is 5.28. The molecule has 0 saturated carbocycles. The van der Waals surface area contributed by atoms with Gasteiger partial charge in [0.25, 0.3) is 0 Å². The Labute approximate surface area is 124 Å². The van der Waals surface area contributed by atoms with Crippen LogP contribution in [0.15, 0.2) is 0 Å². The molecule has 15 heavy (non-hydrogen) atoms. The maximum atomic E-state index is 2.76. The van der Waals surface area contributed by atoms with E-state index in [1.54, 1.807) is 0 Å². The van der Waals surface area contributed by atoms with Crippen molar-refractivity contribution in [2.75, 3.05) is 26.2 Å². The van der Waals surface area contributed by atoms with Crippen molar-refractivity contribution in [3.8, 4) is 0 Å². The molecule has 0 atom stereocenters. The predicted molar refractivity (Wildman–Crippen MR) is 50.8 cm³/mol. The minimum Gasteiger partial charge on any atom is -1.00 e. The van der Waals surface area contributed by atoms with Gasteiger partial charge in [-0.3, -0.25) is 0 Å². The van der Waals surface area contributed by atoms with Gasteiger partial charge in [0.2, 0.25) is 0 Å². The summed E-state index contributed by atoms with van der Waals surface area (Å²) in [5.41, 5.74) is 0. The van der Waals surface area contributed by atoms with E-state index in [0.29, 0.717) is 0 Å². The Morgan fingerprint density at radius 1 is 0.533 bits per heavy atom. The first-order valence-corrected chi connectivity index (χ1v) is 7.11. The van der Waals surface area contributed by atoms with Gasteiger partial charge in [-0.2, -0.15) is 0 Å². The van der Waals surface area contributed by atoms with Crippen molar-refractivity contribution in [1.82, 2.24) is 6.76 Å². The number of halogens is 2. The molecule has 0 aliphatic carbocycles. The summed E-state index contributed by atoms with van der Waals surface area (Å²) in [7, 11) is 0. The molecule has 2 fully saturated rings. The summed E-state index contributed by atoms with van der Waals surface area (Å²) < 4.78 is 5.52. The van der Waals surface area contributed by atoms with Crippen molar-refractivity contribution < 1.29 is 53.6 Å². The summed E-state index contributed by atoms with van der Waals surface area (Å²) in [6.45, 7) is 5.60. The largest absolute Gasteiger partial charge is 1.00 e. The minimum atomic E-state index is 0. The second kappa shape index (κ2) is 9.61. The maximum absolute atomic E-state index is 2.76. The van der Waals surface area contributed by atoms with Crippen LogP contribution in [0.4, 0.5) is 0 Å². The normalized spacial score (nSPS) is 23.5. The SMILES string of the molecule is C1CC[N]([Ti+2][N]2CCCCC2)CC1.[Br-].[Br-]. The molecule has 0 amide bonds. The summed E-state index contributed by atoms with van der Waals surface area (Å²) in [4.78, 5) is 0. The molecule has 2 aliphatic rings. The van der Waals surface area contributed by atoms with Crippen LogP contribution >= 0.6 is 0 Å². The van der Waals surface area contributed by atoms with Crippen molar-refractivity contribution in [3.05, 3.63) is 0 Å². The smallest absolute Gasteiger partial charge is 1.00 e. The Morgan fingerprint density at radius 2 is 0.867 bits per heavy atom. The fourth-order valence-electron chi connectivity index (χ4n) is 2.19. The van der Waals surface area contributed by atoms with E-state index in [2.05, 4.69) is 6.76 Å². The number of piperidine rings is 2. The van der Waals surface area contributed by atoms with Crippen molar-refractivity contribution in [2.45, 2.75) is 38.5 Å². The molecule has 2 heterocycles. The van der Waals surface area contributed by atoms with Crippen molar-refractivity contribution in [1.29, 1.82) is 0 Å². The third kappa shape index (κ3) is 6.18. The molecule has 0 aromatic heterocycles. The van der Waals surface area contributed by atoms with E-state index in [1.807, 2.05) is 0 Å². The zero-order chi connectivity index (χ0) is 8.93. The van der Waals surface area contributed by atoms with Gasteiger partial charge in [0.1, 0.15) is 0 Å². The van der Waals surface area contributed by atoms with Gasteiger partial charge < -0.3 is 34.0 Å². The Kier molecular flexibility index (Phi) is 10.6. The fourth-order valence-corrected chi connectivity index (χ4v) is 4.42. The first kappa shape index (κ1) is 16.6. The Bertz CT molecular complexity index is 132. The maximum Gasteiger partial charge on any atom is -1.00 e. The van der Waals surface area contributed by atoms with Gasteiger partial charge in [-0.1, -0.05) is 0 Å². The zero-order valence-electron chi connectivity index (χ0n) is 9.22. The van der Waals surface area contributed by atoms with Gasteiger partial charge in [0.05, 0.1) is 0 Å². The molecule has 0 bridgehead atoms. The first-order valence-electron chi connectivity index (χ1n) is 5.71. The third-order valence-electron chi connectivity index (χ3n) is 2.99. The van der Waals surface area contributed by atoms with Crippen LogP contribution in [0.5, 0.6) is 0 Å². The van der Waals surface area contributed by atoms with E-state index >= 15 is 0 Å². The Hall–Kier alpha value is 1.59. The van der Waals surface area contributed by atoms with E-state index in [1.165, 1.54) is 64.7 Å². The predicted octanol–water partition coefficient (Wildman–Crippen LogP) is -4.12. The van der Waals surface area contributed by atoms with Crippen LogP contribution in [0.3, 0.4) is 0 Å². The first-order chi connectivity index (χ1) is 6.45. The van der Waals surface area contributed by atoms with Crippen LogP contribution < -0.4 is 34.0 Å². The summed E-state index contributed by atoms with van der Waals surface area (Å²) in [6, 6.07) is 0.